The molecule has 3 heterocycles. The number of nitrogen functional groups attached to an aromatic ring is 1. The summed E-state index contributed by atoms with van der Waals surface area (Å²) in [6, 6.07) is 5.50. The predicted molar refractivity (Wildman–Crippen MR) is 102 cm³/mol. The number of nitrogens with zero attached hydrogens (tertiary/aromatic N) is 3. The van der Waals surface area contributed by atoms with Crippen molar-refractivity contribution in [3.8, 4) is 0 Å². The first kappa shape index (κ1) is 20.9. The van der Waals surface area contributed by atoms with Crippen LogP contribution in [0.25, 0.3) is 22.1 Å². The molecule has 2 aromatic heterocycles. The number of aromatic nitrogens is 2. The first-order valence-electron chi connectivity index (χ1n) is 8.58. The SMILES string of the molecule is Nc1nc(N2CCCNCC2)c2oc3ccc(Cl)cc3c2n1.O=C(O)C(F)(F)F. The second-order valence-corrected chi connectivity index (χ2v) is 6.66. The minimum absolute atomic E-state index is 0.252. The van der Waals surface area contributed by atoms with E-state index in [0.29, 0.717) is 10.6 Å². The lowest BCUT2D eigenvalue weighted by Gasteiger charge is -2.20. The Labute approximate surface area is 167 Å². The number of carbonyl (C=O) groups is 1. The van der Waals surface area contributed by atoms with Gasteiger partial charge >= 0.3 is 12.1 Å². The molecule has 0 saturated carbocycles. The van der Waals surface area contributed by atoms with Crippen LogP contribution < -0.4 is 16.0 Å². The van der Waals surface area contributed by atoms with Crippen LogP contribution in [-0.4, -0.2) is 53.4 Å². The van der Waals surface area contributed by atoms with Gasteiger partial charge in [-0.25, -0.2) is 9.78 Å². The van der Waals surface area contributed by atoms with E-state index in [2.05, 4.69) is 20.2 Å². The van der Waals surface area contributed by atoms with Gasteiger partial charge in [-0.1, -0.05) is 11.6 Å². The number of hydrogen-bond acceptors (Lipinski definition) is 7. The Bertz CT molecular complexity index is 1030. The molecule has 0 spiro atoms. The van der Waals surface area contributed by atoms with E-state index in [1.165, 1.54) is 0 Å². The summed E-state index contributed by atoms with van der Waals surface area (Å²) in [5, 5.41) is 12.0. The molecule has 8 nitrogen and oxygen atoms in total. The van der Waals surface area contributed by atoms with E-state index in [-0.39, 0.29) is 5.95 Å². The maximum absolute atomic E-state index is 10.6. The fourth-order valence-corrected chi connectivity index (χ4v) is 3.06. The standard InChI is InChI=1S/C15H16ClN5O.C2HF3O2/c16-9-2-3-11-10(8-9)12-13(22-11)14(20-15(17)19-12)21-6-1-4-18-5-7-21;3-2(4,5)1(6)7/h2-3,8,18H,1,4-7H2,(H2,17,19,20);(H,6,7). The number of carboxylic acids is 1. The number of anilines is 2. The normalized spacial score (nSPS) is 15.1. The predicted octanol–water partition coefficient (Wildman–Crippen LogP) is 3.04. The van der Waals surface area contributed by atoms with Gasteiger partial charge in [0.15, 0.2) is 11.4 Å². The van der Waals surface area contributed by atoms with Gasteiger partial charge in [0.1, 0.15) is 11.1 Å². The van der Waals surface area contributed by atoms with Gasteiger partial charge in [-0.3, -0.25) is 0 Å². The zero-order valence-electron chi connectivity index (χ0n) is 15.0. The summed E-state index contributed by atoms with van der Waals surface area (Å²) in [6.45, 7) is 3.70. The van der Waals surface area contributed by atoms with Crippen molar-refractivity contribution in [1.82, 2.24) is 15.3 Å². The Morgan fingerprint density at radius 1 is 1.28 bits per heavy atom. The number of hydrogen-bond donors (Lipinski definition) is 3. The van der Waals surface area contributed by atoms with E-state index in [0.717, 1.165) is 54.9 Å². The molecule has 0 aliphatic carbocycles. The molecule has 1 aliphatic heterocycles. The van der Waals surface area contributed by atoms with Crippen LogP contribution in [0.4, 0.5) is 24.9 Å². The van der Waals surface area contributed by atoms with Gasteiger partial charge in [0.05, 0.1) is 0 Å². The Hall–Kier alpha value is -2.79. The second-order valence-electron chi connectivity index (χ2n) is 6.22. The van der Waals surface area contributed by atoms with E-state index in [1.807, 2.05) is 12.1 Å². The van der Waals surface area contributed by atoms with Crippen molar-refractivity contribution in [3.63, 3.8) is 0 Å². The molecule has 156 valence electrons. The average molecular weight is 432 g/mol. The summed E-state index contributed by atoms with van der Waals surface area (Å²) in [5.74, 6) is -1.74. The zero-order valence-corrected chi connectivity index (χ0v) is 15.7. The van der Waals surface area contributed by atoms with Crippen molar-refractivity contribution in [1.29, 1.82) is 0 Å². The number of nitrogens with two attached hydrogens (primary N) is 1. The van der Waals surface area contributed by atoms with Gasteiger partial charge < -0.3 is 25.5 Å². The highest BCUT2D eigenvalue weighted by molar-refractivity contribution is 6.31. The summed E-state index contributed by atoms with van der Waals surface area (Å²) in [5.41, 5.74) is 8.06. The summed E-state index contributed by atoms with van der Waals surface area (Å²) in [4.78, 5) is 19.9. The summed E-state index contributed by atoms with van der Waals surface area (Å²) < 4.78 is 37.7. The monoisotopic (exact) mass is 431 g/mol. The van der Waals surface area contributed by atoms with E-state index in [9.17, 15) is 13.2 Å². The number of fused-ring (bicyclic) bond motifs is 3. The zero-order chi connectivity index (χ0) is 21.2. The van der Waals surface area contributed by atoms with Crippen molar-refractivity contribution in [2.75, 3.05) is 36.8 Å². The molecule has 0 amide bonds. The van der Waals surface area contributed by atoms with E-state index >= 15 is 0 Å². The molecule has 1 saturated heterocycles. The summed E-state index contributed by atoms with van der Waals surface area (Å²) >= 11 is 6.09. The lowest BCUT2D eigenvalue weighted by Crippen LogP contribution is -2.29. The van der Waals surface area contributed by atoms with E-state index < -0.39 is 12.1 Å². The lowest BCUT2D eigenvalue weighted by molar-refractivity contribution is -0.192. The van der Waals surface area contributed by atoms with Crippen LogP contribution in [0.15, 0.2) is 22.6 Å². The van der Waals surface area contributed by atoms with Gasteiger partial charge in [0, 0.05) is 30.0 Å². The Kier molecular flexibility index (Phi) is 5.99. The molecule has 1 aliphatic rings. The third-order valence-corrected chi connectivity index (χ3v) is 4.39. The van der Waals surface area contributed by atoms with Crippen molar-refractivity contribution in [2.45, 2.75) is 12.6 Å². The number of rotatable bonds is 1. The maximum atomic E-state index is 10.6. The third-order valence-electron chi connectivity index (χ3n) is 4.16. The number of carboxylic acid groups (broad SMARTS) is 1. The van der Waals surface area contributed by atoms with E-state index in [1.54, 1.807) is 6.07 Å². The molecule has 29 heavy (non-hydrogen) atoms. The van der Waals surface area contributed by atoms with Crippen molar-refractivity contribution < 1.29 is 27.5 Å². The van der Waals surface area contributed by atoms with Crippen LogP contribution in [-0.2, 0) is 4.79 Å². The Morgan fingerprint density at radius 3 is 2.69 bits per heavy atom. The smallest absolute Gasteiger partial charge is 0.475 e. The van der Waals surface area contributed by atoms with Crippen molar-refractivity contribution in [2.24, 2.45) is 0 Å². The van der Waals surface area contributed by atoms with Gasteiger partial charge in [-0.05, 0) is 31.2 Å². The molecule has 1 fully saturated rings. The second kappa shape index (κ2) is 8.29. The average Bonchev–Trinajstić information content (AvgIpc) is 2.82. The van der Waals surface area contributed by atoms with Crippen LogP contribution >= 0.6 is 11.6 Å². The molecule has 4 N–H and O–H groups in total. The minimum atomic E-state index is -5.08. The van der Waals surface area contributed by atoms with Crippen molar-refractivity contribution >= 4 is 51.4 Å². The fourth-order valence-electron chi connectivity index (χ4n) is 2.89. The Balaban J connectivity index is 0.000000298. The van der Waals surface area contributed by atoms with Gasteiger partial charge in [0.25, 0.3) is 0 Å². The summed E-state index contributed by atoms with van der Waals surface area (Å²) in [6.07, 6.45) is -4.03. The topological polar surface area (TPSA) is 118 Å². The molecule has 12 heteroatoms. The number of nitrogens with one attached hydrogen (secondary N) is 1. The van der Waals surface area contributed by atoms with Crippen LogP contribution in [0, 0.1) is 0 Å². The molecule has 1 aromatic carbocycles. The molecule has 4 rings (SSSR count). The largest absolute Gasteiger partial charge is 0.490 e. The van der Waals surface area contributed by atoms with Gasteiger partial charge in [-0.15, -0.1) is 0 Å². The van der Waals surface area contributed by atoms with Gasteiger partial charge in [-0.2, -0.15) is 18.2 Å². The highest BCUT2D eigenvalue weighted by atomic mass is 35.5. The quantitative estimate of drug-likeness (QED) is 0.538. The highest BCUT2D eigenvalue weighted by Crippen LogP contribution is 2.34. The molecule has 0 unspecified atom stereocenters. The molecule has 0 atom stereocenters. The van der Waals surface area contributed by atoms with Gasteiger partial charge in [0.2, 0.25) is 5.95 Å². The highest BCUT2D eigenvalue weighted by Gasteiger charge is 2.38. The lowest BCUT2D eigenvalue weighted by atomic mass is 10.2. The van der Waals surface area contributed by atoms with Crippen molar-refractivity contribution in [3.05, 3.63) is 23.2 Å². The number of furan rings is 1. The van der Waals surface area contributed by atoms with Crippen LogP contribution in [0.1, 0.15) is 6.42 Å². The maximum Gasteiger partial charge on any atom is 0.490 e. The third kappa shape index (κ3) is 4.80. The number of benzene rings is 1. The number of halogens is 4. The van der Waals surface area contributed by atoms with Crippen LogP contribution in [0.3, 0.4) is 0 Å². The molecule has 0 bridgehead atoms. The minimum Gasteiger partial charge on any atom is -0.475 e. The number of aliphatic carboxylic acids is 1. The molecular formula is C17H17ClF3N5O3. The van der Waals surface area contributed by atoms with Crippen LogP contribution in [0.2, 0.25) is 5.02 Å². The molecule has 3 aromatic rings. The molecular weight excluding hydrogens is 415 g/mol. The Morgan fingerprint density at radius 2 is 2.00 bits per heavy atom. The first-order valence-corrected chi connectivity index (χ1v) is 8.95. The molecule has 0 radical (unpaired) electrons. The van der Waals surface area contributed by atoms with E-state index in [4.69, 9.17) is 31.7 Å². The first-order chi connectivity index (χ1) is 13.7. The number of alkyl halides is 3. The summed E-state index contributed by atoms with van der Waals surface area (Å²) in [7, 11) is 0. The fraction of sp³-hybridized carbons (Fsp3) is 0.353. The van der Waals surface area contributed by atoms with Crippen LogP contribution in [0.5, 0.6) is 0 Å².